The summed E-state index contributed by atoms with van der Waals surface area (Å²) in [6, 6.07) is 22.5. The quantitative estimate of drug-likeness (QED) is 0.288. The molecule has 0 aromatic heterocycles. The summed E-state index contributed by atoms with van der Waals surface area (Å²) in [7, 11) is -4.00. The Morgan fingerprint density at radius 2 is 1.59 bits per heavy atom. The number of carbonyl (C=O) groups is 2. The van der Waals surface area contributed by atoms with Crippen LogP contribution in [-0.2, 0) is 30.6 Å². The Bertz CT molecular complexity index is 1390. The highest BCUT2D eigenvalue weighted by Gasteiger charge is 2.49. The Hall–Kier alpha value is -3.73. The minimum atomic E-state index is -4.00. The predicted octanol–water partition coefficient (Wildman–Crippen LogP) is 3.51. The van der Waals surface area contributed by atoms with Gasteiger partial charge in [0, 0.05) is 13.1 Å². The van der Waals surface area contributed by atoms with E-state index >= 15 is 0 Å². The first-order chi connectivity index (χ1) is 18.7. The summed E-state index contributed by atoms with van der Waals surface area (Å²) in [4.78, 5) is 26.8. The lowest BCUT2D eigenvalue weighted by Crippen LogP contribution is -2.42. The topological polar surface area (TPSA) is 133 Å². The average Bonchev–Trinajstić information content (AvgIpc) is 3.09. The molecular formula is C29H32N2O7S. The van der Waals surface area contributed by atoms with E-state index in [-0.39, 0.29) is 19.5 Å². The van der Waals surface area contributed by atoms with Crippen LogP contribution in [0.25, 0.3) is 0 Å². The first-order valence-electron chi connectivity index (χ1n) is 12.7. The van der Waals surface area contributed by atoms with Gasteiger partial charge >= 0.3 is 0 Å². The third-order valence-electron chi connectivity index (χ3n) is 7.19. The van der Waals surface area contributed by atoms with Crippen molar-refractivity contribution in [3.63, 3.8) is 0 Å². The van der Waals surface area contributed by atoms with E-state index in [4.69, 9.17) is 4.74 Å². The van der Waals surface area contributed by atoms with Gasteiger partial charge in [-0.3, -0.25) is 14.8 Å². The van der Waals surface area contributed by atoms with Crippen molar-refractivity contribution >= 4 is 21.7 Å². The molecule has 0 radical (unpaired) electrons. The zero-order valence-electron chi connectivity index (χ0n) is 21.6. The fraction of sp³-hybridized carbons (Fsp3) is 0.310. The summed E-state index contributed by atoms with van der Waals surface area (Å²) in [6.45, 7) is 1.91. The summed E-state index contributed by atoms with van der Waals surface area (Å²) in [5.41, 5.74) is 3.46. The number of ether oxygens (including phenoxy) is 1. The predicted molar refractivity (Wildman–Crippen MR) is 145 cm³/mol. The van der Waals surface area contributed by atoms with Crippen LogP contribution in [0, 0.1) is 0 Å². The molecule has 9 nitrogen and oxygen atoms in total. The molecule has 3 aromatic rings. The van der Waals surface area contributed by atoms with Crippen molar-refractivity contribution in [3.8, 4) is 11.5 Å². The van der Waals surface area contributed by atoms with Gasteiger partial charge in [0.2, 0.25) is 5.91 Å². The maximum Gasteiger partial charge on any atom is 0.256 e. The molecule has 0 bridgehead atoms. The van der Waals surface area contributed by atoms with Gasteiger partial charge in [0.15, 0.2) is 15.9 Å². The van der Waals surface area contributed by atoms with Crippen LogP contribution in [0.4, 0.5) is 0 Å². The van der Waals surface area contributed by atoms with Gasteiger partial charge in [0.1, 0.15) is 16.2 Å². The van der Waals surface area contributed by atoms with E-state index in [9.17, 15) is 28.3 Å². The summed E-state index contributed by atoms with van der Waals surface area (Å²) < 4.78 is 31.7. The lowest BCUT2D eigenvalue weighted by molar-refractivity contribution is -0.140. The molecule has 1 unspecified atom stereocenters. The molecule has 1 fully saturated rings. The number of hydrogen-bond acceptors (Lipinski definition) is 7. The van der Waals surface area contributed by atoms with E-state index in [1.165, 1.54) is 10.5 Å². The van der Waals surface area contributed by atoms with Crippen molar-refractivity contribution < 1.29 is 33.1 Å². The molecule has 10 heteroatoms. The SMILES string of the molecule is CCc1ccc(Oc2ccc(C3(CC(=O)NO)CCN(C(=O)[C@@H](O)c4ccccc4)CCS3(=O)=O)cc2)cc1. The maximum absolute atomic E-state index is 13.7. The van der Waals surface area contributed by atoms with Crippen LogP contribution >= 0.6 is 0 Å². The number of sulfone groups is 1. The Morgan fingerprint density at radius 1 is 0.974 bits per heavy atom. The molecule has 39 heavy (non-hydrogen) atoms. The Labute approximate surface area is 227 Å². The monoisotopic (exact) mass is 552 g/mol. The number of rotatable bonds is 8. The third-order valence-corrected chi connectivity index (χ3v) is 9.69. The van der Waals surface area contributed by atoms with Gasteiger partial charge in [0.05, 0.1) is 12.2 Å². The van der Waals surface area contributed by atoms with Gasteiger partial charge in [-0.2, -0.15) is 0 Å². The van der Waals surface area contributed by atoms with Crippen LogP contribution in [0.5, 0.6) is 11.5 Å². The number of nitrogens with one attached hydrogen (secondary N) is 1. The van der Waals surface area contributed by atoms with Crippen LogP contribution in [0.15, 0.2) is 78.9 Å². The lowest BCUT2D eigenvalue weighted by Gasteiger charge is -2.32. The molecule has 0 spiro atoms. The highest BCUT2D eigenvalue weighted by molar-refractivity contribution is 7.92. The molecule has 1 aliphatic heterocycles. The summed E-state index contributed by atoms with van der Waals surface area (Å²) >= 11 is 0. The van der Waals surface area contributed by atoms with E-state index in [2.05, 4.69) is 6.92 Å². The minimum Gasteiger partial charge on any atom is -0.457 e. The van der Waals surface area contributed by atoms with Crippen molar-refractivity contribution in [2.75, 3.05) is 18.8 Å². The molecule has 1 heterocycles. The minimum absolute atomic E-state index is 0.0112. The molecule has 0 aliphatic carbocycles. The van der Waals surface area contributed by atoms with Crippen LogP contribution in [-0.4, -0.2) is 54.3 Å². The molecule has 1 saturated heterocycles. The van der Waals surface area contributed by atoms with Crippen molar-refractivity contribution in [2.45, 2.75) is 37.0 Å². The first kappa shape index (κ1) is 28.3. The van der Waals surface area contributed by atoms with E-state index < -0.39 is 44.7 Å². The van der Waals surface area contributed by atoms with Crippen molar-refractivity contribution in [1.82, 2.24) is 10.4 Å². The number of hydrogen-bond donors (Lipinski definition) is 3. The molecule has 2 atom stereocenters. The second kappa shape index (κ2) is 12.0. The van der Waals surface area contributed by atoms with E-state index in [0.29, 0.717) is 22.6 Å². The Morgan fingerprint density at radius 3 is 2.18 bits per heavy atom. The number of aliphatic hydroxyl groups excluding tert-OH is 1. The molecule has 4 rings (SSSR count). The van der Waals surface area contributed by atoms with Crippen molar-refractivity contribution in [1.29, 1.82) is 0 Å². The van der Waals surface area contributed by atoms with Crippen LogP contribution in [0.2, 0.25) is 0 Å². The molecule has 0 saturated carbocycles. The molecule has 1 aliphatic rings. The summed E-state index contributed by atoms with van der Waals surface area (Å²) in [5, 5.41) is 19.9. The van der Waals surface area contributed by atoms with Gasteiger partial charge in [-0.05, 0) is 53.8 Å². The number of amides is 2. The molecule has 3 aromatic carbocycles. The second-order valence-electron chi connectivity index (χ2n) is 9.54. The van der Waals surface area contributed by atoms with Gasteiger partial charge in [-0.1, -0.05) is 61.5 Å². The van der Waals surface area contributed by atoms with Gasteiger partial charge in [0.25, 0.3) is 5.91 Å². The number of benzene rings is 3. The van der Waals surface area contributed by atoms with Crippen LogP contribution < -0.4 is 10.2 Å². The average molecular weight is 553 g/mol. The van der Waals surface area contributed by atoms with Crippen molar-refractivity contribution in [3.05, 3.63) is 95.6 Å². The molecule has 3 N–H and O–H groups in total. The lowest BCUT2D eigenvalue weighted by atomic mass is 9.90. The largest absolute Gasteiger partial charge is 0.457 e. The third kappa shape index (κ3) is 6.13. The van der Waals surface area contributed by atoms with Gasteiger partial charge < -0.3 is 14.7 Å². The number of aryl methyl sites for hydroxylation is 1. The van der Waals surface area contributed by atoms with Gasteiger partial charge in [-0.15, -0.1) is 0 Å². The number of aliphatic hydroxyl groups is 1. The van der Waals surface area contributed by atoms with Crippen LogP contribution in [0.3, 0.4) is 0 Å². The molecular weight excluding hydrogens is 520 g/mol. The standard InChI is InChI=1S/C29H32N2O7S/c1-2-21-8-12-24(13-9-21)38-25-14-10-23(11-15-25)29(20-26(32)30-35)16-17-31(18-19-39(29,36)37)28(34)27(33)22-6-4-3-5-7-22/h3-15,27,33,35H,2,16-20H2,1H3,(H,30,32)/t27-,29?/m0/s1. The number of carbonyl (C=O) groups excluding carboxylic acids is 2. The fourth-order valence-electron chi connectivity index (χ4n) is 4.86. The first-order valence-corrected chi connectivity index (χ1v) is 14.4. The van der Waals surface area contributed by atoms with E-state index in [1.54, 1.807) is 60.1 Å². The number of hydroxylamine groups is 1. The Balaban J connectivity index is 1.61. The smallest absolute Gasteiger partial charge is 0.256 e. The maximum atomic E-state index is 13.7. The Kier molecular flexibility index (Phi) is 8.69. The zero-order chi connectivity index (χ0) is 28.0. The highest BCUT2D eigenvalue weighted by Crippen LogP contribution is 2.41. The van der Waals surface area contributed by atoms with Crippen molar-refractivity contribution in [2.24, 2.45) is 0 Å². The summed E-state index contributed by atoms with van der Waals surface area (Å²) in [6.07, 6.45) is -1.17. The number of nitrogens with zero attached hydrogens (tertiary/aromatic N) is 1. The second-order valence-corrected chi connectivity index (χ2v) is 12.0. The van der Waals surface area contributed by atoms with Crippen LogP contribution in [0.1, 0.15) is 42.6 Å². The van der Waals surface area contributed by atoms with E-state index in [0.717, 1.165) is 6.42 Å². The molecule has 206 valence electrons. The summed E-state index contributed by atoms with van der Waals surface area (Å²) in [5.74, 6) is -0.780. The van der Waals surface area contributed by atoms with Gasteiger partial charge in [-0.25, -0.2) is 13.9 Å². The van der Waals surface area contributed by atoms with E-state index in [1.807, 2.05) is 24.3 Å². The fourth-order valence-corrected chi connectivity index (χ4v) is 6.96. The normalized spacial score (nSPS) is 19.5. The highest BCUT2D eigenvalue weighted by atomic mass is 32.2. The molecule has 2 amide bonds. The zero-order valence-corrected chi connectivity index (χ0v) is 22.4.